The van der Waals surface area contributed by atoms with Crippen LogP contribution in [0.4, 0.5) is 0 Å². The van der Waals surface area contributed by atoms with E-state index in [0.717, 1.165) is 5.39 Å². The smallest absolute Gasteiger partial charge is 0.323 e. The second-order valence-electron chi connectivity index (χ2n) is 5.22. The minimum Gasteiger partial charge on any atom is -0.506 e. The van der Waals surface area contributed by atoms with E-state index in [2.05, 4.69) is 4.98 Å². The van der Waals surface area contributed by atoms with Crippen molar-refractivity contribution in [2.24, 2.45) is 5.92 Å². The van der Waals surface area contributed by atoms with Gasteiger partial charge in [0.25, 0.3) is 0 Å². The van der Waals surface area contributed by atoms with Gasteiger partial charge in [-0.25, -0.2) is 4.98 Å². The molecule has 1 heterocycles. The van der Waals surface area contributed by atoms with E-state index in [1.54, 1.807) is 38.1 Å². The molecule has 0 radical (unpaired) electrons. The van der Waals surface area contributed by atoms with E-state index in [4.69, 9.17) is 14.2 Å². The summed E-state index contributed by atoms with van der Waals surface area (Å²) in [6.07, 6.45) is -0.998. The average Bonchev–Trinajstić information content (AvgIpc) is 2.60. The lowest BCUT2D eigenvalue weighted by atomic mass is 9.98. The van der Waals surface area contributed by atoms with E-state index in [0.29, 0.717) is 11.2 Å². The number of fused-ring (bicyclic) bond motifs is 1. The van der Waals surface area contributed by atoms with Crippen molar-refractivity contribution < 1.29 is 28.9 Å². The van der Waals surface area contributed by atoms with Crippen LogP contribution < -0.4 is 0 Å². The SMILES string of the molecule is CCOC(=O)C(C(=O)OCC)C(OC)c1ccc2cccc(O)c2n1. The third-order valence-corrected chi connectivity index (χ3v) is 3.65. The monoisotopic (exact) mass is 347 g/mol. The number of rotatable bonds is 7. The standard InChI is InChI=1S/C18H21NO6/c1-4-24-17(21)14(18(22)25-5-2)16(23-3)12-10-9-11-7-6-8-13(20)15(11)19-12/h6-10,14,16,20H,4-5H2,1-3H3. The van der Waals surface area contributed by atoms with Crippen LogP contribution in [0.1, 0.15) is 25.6 Å². The van der Waals surface area contributed by atoms with Gasteiger partial charge in [0, 0.05) is 12.5 Å². The van der Waals surface area contributed by atoms with Crippen LogP contribution in [0, 0.1) is 5.92 Å². The van der Waals surface area contributed by atoms with Crippen LogP contribution in [0.2, 0.25) is 0 Å². The Morgan fingerprint density at radius 2 is 1.72 bits per heavy atom. The summed E-state index contributed by atoms with van der Waals surface area (Å²) >= 11 is 0. The van der Waals surface area contributed by atoms with Crippen LogP contribution in [0.5, 0.6) is 5.75 Å². The number of phenolic OH excluding ortho intramolecular Hbond substituents is 1. The molecular weight excluding hydrogens is 326 g/mol. The normalized spacial score (nSPS) is 12.2. The summed E-state index contributed by atoms with van der Waals surface area (Å²) in [4.78, 5) is 28.9. The molecule has 0 aliphatic rings. The Labute approximate surface area is 145 Å². The van der Waals surface area contributed by atoms with Gasteiger partial charge in [0.2, 0.25) is 0 Å². The number of nitrogens with zero attached hydrogens (tertiary/aromatic N) is 1. The molecule has 0 fully saturated rings. The zero-order valence-electron chi connectivity index (χ0n) is 14.4. The largest absolute Gasteiger partial charge is 0.506 e. The molecule has 0 aliphatic carbocycles. The van der Waals surface area contributed by atoms with Crippen molar-refractivity contribution in [2.45, 2.75) is 20.0 Å². The quantitative estimate of drug-likeness (QED) is 0.607. The van der Waals surface area contributed by atoms with Gasteiger partial charge in [-0.05, 0) is 26.0 Å². The number of phenols is 1. The van der Waals surface area contributed by atoms with E-state index in [1.165, 1.54) is 13.2 Å². The lowest BCUT2D eigenvalue weighted by Gasteiger charge is -2.23. The maximum atomic E-state index is 12.3. The van der Waals surface area contributed by atoms with Crippen LogP contribution in [0.3, 0.4) is 0 Å². The molecule has 7 nitrogen and oxygen atoms in total. The lowest BCUT2D eigenvalue weighted by molar-refractivity contribution is -0.168. The molecule has 25 heavy (non-hydrogen) atoms. The predicted octanol–water partition coefficient (Wildman–Crippen LogP) is 2.37. The second kappa shape index (κ2) is 8.43. The van der Waals surface area contributed by atoms with Crippen LogP contribution in [0.25, 0.3) is 10.9 Å². The van der Waals surface area contributed by atoms with Crippen LogP contribution in [-0.4, -0.2) is 42.4 Å². The highest BCUT2D eigenvalue weighted by Gasteiger charge is 2.39. The summed E-state index contributed by atoms with van der Waals surface area (Å²) in [6.45, 7) is 3.54. The molecule has 1 N–H and O–H groups in total. The molecule has 1 aromatic heterocycles. The fraction of sp³-hybridized carbons (Fsp3) is 0.389. The van der Waals surface area contributed by atoms with Gasteiger partial charge in [-0.2, -0.15) is 0 Å². The molecular formula is C18H21NO6. The summed E-state index contributed by atoms with van der Waals surface area (Å²) in [7, 11) is 1.37. The highest BCUT2D eigenvalue weighted by molar-refractivity contribution is 5.96. The molecule has 1 aromatic carbocycles. The molecule has 0 amide bonds. The van der Waals surface area contributed by atoms with E-state index < -0.39 is 24.0 Å². The Bertz CT molecular complexity index is 742. The maximum absolute atomic E-state index is 12.3. The van der Waals surface area contributed by atoms with E-state index in [1.807, 2.05) is 0 Å². The topological polar surface area (TPSA) is 95.0 Å². The number of pyridine rings is 1. The van der Waals surface area contributed by atoms with Gasteiger partial charge < -0.3 is 19.3 Å². The number of carbonyl (C=O) groups is 2. The molecule has 0 bridgehead atoms. The Morgan fingerprint density at radius 1 is 1.08 bits per heavy atom. The van der Waals surface area contributed by atoms with Gasteiger partial charge >= 0.3 is 11.9 Å². The van der Waals surface area contributed by atoms with Crippen molar-refractivity contribution in [1.82, 2.24) is 4.98 Å². The van der Waals surface area contributed by atoms with Crippen molar-refractivity contribution in [3.05, 3.63) is 36.0 Å². The van der Waals surface area contributed by atoms with E-state index in [-0.39, 0.29) is 19.0 Å². The number of hydrogen-bond donors (Lipinski definition) is 1. The first-order valence-corrected chi connectivity index (χ1v) is 7.98. The molecule has 0 spiro atoms. The first-order chi connectivity index (χ1) is 12.0. The minimum absolute atomic E-state index is 0.00183. The van der Waals surface area contributed by atoms with Gasteiger partial charge in [0.05, 0.1) is 18.9 Å². The fourth-order valence-electron chi connectivity index (χ4n) is 2.54. The molecule has 0 aliphatic heterocycles. The number of carbonyl (C=O) groups excluding carboxylic acids is 2. The van der Waals surface area contributed by atoms with Crippen molar-refractivity contribution in [3.63, 3.8) is 0 Å². The minimum atomic E-state index is -1.30. The zero-order chi connectivity index (χ0) is 18.4. The Balaban J connectivity index is 2.48. The van der Waals surface area contributed by atoms with Gasteiger partial charge in [-0.3, -0.25) is 9.59 Å². The number of benzene rings is 1. The Hall–Kier alpha value is -2.67. The molecule has 134 valence electrons. The summed E-state index contributed by atoms with van der Waals surface area (Å²) in [5, 5.41) is 10.7. The van der Waals surface area contributed by atoms with Gasteiger partial charge in [0.1, 0.15) is 17.4 Å². The molecule has 2 rings (SSSR count). The number of hydrogen-bond acceptors (Lipinski definition) is 7. The van der Waals surface area contributed by atoms with Crippen molar-refractivity contribution >= 4 is 22.8 Å². The number of esters is 2. The summed E-state index contributed by atoms with van der Waals surface area (Å²) in [5.41, 5.74) is 0.677. The summed E-state index contributed by atoms with van der Waals surface area (Å²) in [5.74, 6) is -2.79. The van der Waals surface area contributed by atoms with Gasteiger partial charge in [-0.15, -0.1) is 0 Å². The molecule has 1 unspecified atom stereocenters. The van der Waals surface area contributed by atoms with Crippen molar-refractivity contribution in [2.75, 3.05) is 20.3 Å². The van der Waals surface area contributed by atoms with Crippen molar-refractivity contribution in [1.29, 1.82) is 0 Å². The summed E-state index contributed by atoms with van der Waals surface area (Å²) < 4.78 is 15.4. The molecule has 0 saturated heterocycles. The number of aromatic hydroxyl groups is 1. The number of methoxy groups -OCH3 is 1. The van der Waals surface area contributed by atoms with E-state index in [9.17, 15) is 14.7 Å². The molecule has 7 heteroatoms. The third kappa shape index (κ3) is 4.06. The zero-order valence-corrected chi connectivity index (χ0v) is 14.4. The van der Waals surface area contributed by atoms with E-state index >= 15 is 0 Å². The predicted molar refractivity (Wildman–Crippen MR) is 89.9 cm³/mol. The Morgan fingerprint density at radius 3 is 2.28 bits per heavy atom. The maximum Gasteiger partial charge on any atom is 0.323 e. The van der Waals surface area contributed by atoms with Gasteiger partial charge in [-0.1, -0.05) is 18.2 Å². The fourth-order valence-corrected chi connectivity index (χ4v) is 2.54. The van der Waals surface area contributed by atoms with Crippen LogP contribution in [-0.2, 0) is 23.8 Å². The summed E-state index contributed by atoms with van der Waals surface area (Å²) in [6, 6.07) is 8.38. The second-order valence-corrected chi connectivity index (χ2v) is 5.22. The third-order valence-electron chi connectivity index (χ3n) is 3.65. The molecule has 1 atom stereocenters. The average molecular weight is 347 g/mol. The Kier molecular flexibility index (Phi) is 6.30. The van der Waals surface area contributed by atoms with Crippen LogP contribution >= 0.6 is 0 Å². The molecule has 0 saturated carbocycles. The van der Waals surface area contributed by atoms with Gasteiger partial charge in [0.15, 0.2) is 5.92 Å². The highest BCUT2D eigenvalue weighted by atomic mass is 16.6. The highest BCUT2D eigenvalue weighted by Crippen LogP contribution is 2.30. The number of para-hydroxylation sites is 1. The van der Waals surface area contributed by atoms with Crippen molar-refractivity contribution in [3.8, 4) is 5.75 Å². The van der Waals surface area contributed by atoms with Crippen LogP contribution in [0.15, 0.2) is 30.3 Å². The number of aromatic nitrogens is 1. The number of ether oxygens (including phenoxy) is 3. The first kappa shape index (κ1) is 18.7. The first-order valence-electron chi connectivity index (χ1n) is 7.98. The lowest BCUT2D eigenvalue weighted by Crippen LogP contribution is -2.34. The molecule has 2 aromatic rings.